The van der Waals surface area contributed by atoms with Gasteiger partial charge in [0.25, 0.3) is 11.8 Å². The summed E-state index contributed by atoms with van der Waals surface area (Å²) in [6.45, 7) is 4.04. The molecule has 6 nitrogen and oxygen atoms in total. The van der Waals surface area contributed by atoms with Crippen molar-refractivity contribution in [1.29, 1.82) is 0 Å². The molecule has 2 amide bonds. The van der Waals surface area contributed by atoms with Crippen LogP contribution in [0.1, 0.15) is 22.8 Å². The van der Waals surface area contributed by atoms with E-state index in [1.807, 2.05) is 26.0 Å². The van der Waals surface area contributed by atoms with Gasteiger partial charge in [-0.3, -0.25) is 9.59 Å². The lowest BCUT2D eigenvalue weighted by molar-refractivity contribution is -0.118. The van der Waals surface area contributed by atoms with Gasteiger partial charge >= 0.3 is 0 Å². The molecule has 0 aliphatic heterocycles. The van der Waals surface area contributed by atoms with E-state index in [1.54, 1.807) is 54.6 Å². The Morgan fingerprint density at radius 3 is 2.32 bits per heavy atom. The van der Waals surface area contributed by atoms with Crippen molar-refractivity contribution in [2.24, 2.45) is 0 Å². The van der Waals surface area contributed by atoms with Gasteiger partial charge in [-0.1, -0.05) is 29.8 Å². The van der Waals surface area contributed by atoms with Crippen molar-refractivity contribution < 1.29 is 19.1 Å². The highest BCUT2D eigenvalue weighted by Gasteiger charge is 2.11. The molecular weight excluding hydrogens is 416 g/mol. The quantitative estimate of drug-likeness (QED) is 0.499. The first-order chi connectivity index (χ1) is 15.0. The van der Waals surface area contributed by atoms with Crippen LogP contribution in [0.5, 0.6) is 11.5 Å². The van der Waals surface area contributed by atoms with E-state index in [9.17, 15) is 9.59 Å². The molecule has 0 aliphatic rings. The van der Waals surface area contributed by atoms with E-state index in [2.05, 4.69) is 10.6 Å². The van der Waals surface area contributed by atoms with E-state index in [-0.39, 0.29) is 18.4 Å². The van der Waals surface area contributed by atoms with Crippen LogP contribution in [0.15, 0.2) is 66.7 Å². The normalized spacial score (nSPS) is 10.3. The second-order valence-electron chi connectivity index (χ2n) is 6.66. The summed E-state index contributed by atoms with van der Waals surface area (Å²) in [4.78, 5) is 24.7. The van der Waals surface area contributed by atoms with E-state index in [4.69, 9.17) is 21.1 Å². The maximum atomic E-state index is 12.5. The Morgan fingerprint density at radius 1 is 0.871 bits per heavy atom. The minimum Gasteiger partial charge on any atom is -0.492 e. The van der Waals surface area contributed by atoms with Crippen molar-refractivity contribution >= 4 is 34.8 Å². The first kappa shape index (κ1) is 22.2. The summed E-state index contributed by atoms with van der Waals surface area (Å²) in [6, 6.07) is 19.1. The van der Waals surface area contributed by atoms with Crippen LogP contribution in [0.4, 0.5) is 11.4 Å². The molecule has 160 valence electrons. The number of amides is 2. The Kier molecular flexibility index (Phi) is 7.51. The largest absolute Gasteiger partial charge is 0.492 e. The van der Waals surface area contributed by atoms with Crippen molar-refractivity contribution in [2.45, 2.75) is 13.8 Å². The van der Waals surface area contributed by atoms with Gasteiger partial charge in [-0.25, -0.2) is 0 Å². The van der Waals surface area contributed by atoms with Crippen LogP contribution in [-0.2, 0) is 4.79 Å². The second kappa shape index (κ2) is 10.5. The zero-order chi connectivity index (χ0) is 22.2. The summed E-state index contributed by atoms with van der Waals surface area (Å²) in [7, 11) is 0. The fourth-order valence-corrected chi connectivity index (χ4v) is 3.00. The number of hydrogen-bond acceptors (Lipinski definition) is 4. The molecule has 3 aromatic carbocycles. The van der Waals surface area contributed by atoms with Crippen LogP contribution < -0.4 is 20.1 Å². The summed E-state index contributed by atoms with van der Waals surface area (Å²) in [5, 5.41) is 6.19. The fraction of sp³-hybridized carbons (Fsp3) is 0.167. The fourth-order valence-electron chi connectivity index (χ4n) is 2.83. The van der Waals surface area contributed by atoms with Gasteiger partial charge in [0.1, 0.15) is 11.5 Å². The first-order valence-electron chi connectivity index (χ1n) is 9.79. The molecule has 0 radical (unpaired) electrons. The average molecular weight is 439 g/mol. The number of nitrogens with one attached hydrogen (secondary N) is 2. The van der Waals surface area contributed by atoms with Crippen LogP contribution in [0.25, 0.3) is 0 Å². The number of rotatable bonds is 8. The molecule has 3 rings (SSSR count). The van der Waals surface area contributed by atoms with Crippen molar-refractivity contribution in [2.75, 3.05) is 23.8 Å². The number of benzene rings is 3. The van der Waals surface area contributed by atoms with Crippen molar-refractivity contribution in [3.63, 3.8) is 0 Å². The van der Waals surface area contributed by atoms with Gasteiger partial charge in [-0.2, -0.15) is 0 Å². The number of carbonyl (C=O) groups excluding carboxylic acids is 2. The Labute approximate surface area is 186 Å². The molecule has 0 unspecified atom stereocenters. The molecule has 31 heavy (non-hydrogen) atoms. The van der Waals surface area contributed by atoms with E-state index in [1.165, 1.54) is 0 Å². The third kappa shape index (κ3) is 5.99. The molecule has 2 N–H and O–H groups in total. The van der Waals surface area contributed by atoms with E-state index in [0.29, 0.717) is 40.1 Å². The first-order valence-corrected chi connectivity index (χ1v) is 10.2. The summed E-state index contributed by atoms with van der Waals surface area (Å²) >= 11 is 6.09. The van der Waals surface area contributed by atoms with Crippen LogP contribution >= 0.6 is 11.6 Å². The molecule has 7 heteroatoms. The standard InChI is InChI=1S/C24H23ClN2O4/c1-3-30-22-10-5-4-8-21(22)26-23(28)15-31-18-13-11-17(12-14-18)24(29)27-20-9-6-7-19(25)16(20)2/h4-14H,3,15H2,1-2H3,(H,26,28)(H,27,29). The van der Waals surface area contributed by atoms with Crippen molar-refractivity contribution in [3.05, 3.63) is 82.9 Å². The van der Waals surface area contributed by atoms with Gasteiger partial charge in [-0.15, -0.1) is 0 Å². The molecular formula is C24H23ClN2O4. The van der Waals surface area contributed by atoms with Crippen molar-refractivity contribution in [1.82, 2.24) is 0 Å². The number of halogens is 1. The SMILES string of the molecule is CCOc1ccccc1NC(=O)COc1ccc(C(=O)Nc2cccc(Cl)c2C)cc1. The third-order valence-electron chi connectivity index (χ3n) is 4.46. The van der Waals surface area contributed by atoms with Gasteiger partial charge in [-0.05, 0) is 67.9 Å². The van der Waals surface area contributed by atoms with Crippen LogP contribution in [0.3, 0.4) is 0 Å². The molecule has 0 bridgehead atoms. The maximum absolute atomic E-state index is 12.5. The maximum Gasteiger partial charge on any atom is 0.262 e. The number of para-hydroxylation sites is 2. The van der Waals surface area contributed by atoms with E-state index < -0.39 is 0 Å². The van der Waals surface area contributed by atoms with E-state index in [0.717, 1.165) is 5.56 Å². The molecule has 0 saturated carbocycles. The minimum absolute atomic E-state index is 0.173. The Bertz CT molecular complexity index is 1070. The van der Waals surface area contributed by atoms with Gasteiger partial charge in [0.15, 0.2) is 6.61 Å². The Balaban J connectivity index is 1.55. The lowest BCUT2D eigenvalue weighted by atomic mass is 10.1. The average Bonchev–Trinajstić information content (AvgIpc) is 2.77. The molecule has 0 fully saturated rings. The van der Waals surface area contributed by atoms with Crippen LogP contribution in [0.2, 0.25) is 5.02 Å². The topological polar surface area (TPSA) is 76.7 Å². The third-order valence-corrected chi connectivity index (χ3v) is 4.87. The predicted octanol–water partition coefficient (Wildman–Crippen LogP) is 5.32. The van der Waals surface area contributed by atoms with Crippen molar-refractivity contribution in [3.8, 4) is 11.5 Å². The highest BCUT2D eigenvalue weighted by atomic mass is 35.5. The van der Waals surface area contributed by atoms with Crippen LogP contribution in [-0.4, -0.2) is 25.0 Å². The van der Waals surface area contributed by atoms with Gasteiger partial charge in [0, 0.05) is 16.3 Å². The predicted molar refractivity (Wildman–Crippen MR) is 122 cm³/mol. The smallest absolute Gasteiger partial charge is 0.262 e. The highest BCUT2D eigenvalue weighted by molar-refractivity contribution is 6.31. The summed E-state index contributed by atoms with van der Waals surface area (Å²) < 4.78 is 11.0. The van der Waals surface area contributed by atoms with Gasteiger partial charge < -0.3 is 20.1 Å². The molecule has 3 aromatic rings. The lowest BCUT2D eigenvalue weighted by Gasteiger charge is -2.12. The Hall–Kier alpha value is -3.51. The Morgan fingerprint density at radius 2 is 1.58 bits per heavy atom. The molecule has 0 aliphatic carbocycles. The van der Waals surface area contributed by atoms with Crippen LogP contribution in [0, 0.1) is 6.92 Å². The zero-order valence-electron chi connectivity index (χ0n) is 17.3. The van der Waals surface area contributed by atoms with Gasteiger partial charge in [0.2, 0.25) is 0 Å². The summed E-state index contributed by atoms with van der Waals surface area (Å²) in [5.41, 5.74) is 2.50. The molecule has 0 heterocycles. The number of carbonyl (C=O) groups is 2. The number of ether oxygens (including phenoxy) is 2. The minimum atomic E-state index is -0.314. The monoisotopic (exact) mass is 438 g/mol. The van der Waals surface area contributed by atoms with E-state index >= 15 is 0 Å². The highest BCUT2D eigenvalue weighted by Crippen LogP contribution is 2.25. The summed E-state index contributed by atoms with van der Waals surface area (Å²) in [5.74, 6) is 0.500. The molecule has 0 atom stereocenters. The number of hydrogen-bond donors (Lipinski definition) is 2. The molecule has 0 spiro atoms. The molecule has 0 aromatic heterocycles. The second-order valence-corrected chi connectivity index (χ2v) is 7.06. The van der Waals surface area contributed by atoms with Gasteiger partial charge in [0.05, 0.1) is 12.3 Å². The summed E-state index contributed by atoms with van der Waals surface area (Å²) in [6.07, 6.45) is 0. The molecule has 0 saturated heterocycles. The zero-order valence-corrected chi connectivity index (χ0v) is 18.0. The lowest BCUT2D eigenvalue weighted by Crippen LogP contribution is -2.20. The number of anilines is 2.